The number of nitrogens with zero attached hydrogens (tertiary/aromatic N) is 1. The van der Waals surface area contributed by atoms with Crippen LogP contribution in [0.5, 0.6) is 11.5 Å². The molecule has 0 fully saturated rings. The molecule has 0 saturated heterocycles. The van der Waals surface area contributed by atoms with Gasteiger partial charge in [0.25, 0.3) is 0 Å². The number of hydrogen-bond acceptors (Lipinski definition) is 3. The Kier molecular flexibility index (Phi) is 5.91. The molecular formula is C24H21NO2. The Balaban J connectivity index is 1.82. The highest BCUT2D eigenvalue weighted by Crippen LogP contribution is 2.30. The standard InChI is InChI=1S/C24H21NO2/c1-18-8-11-21(12-9-18)22(16-25)14-20-10-13-23(24(15-20)26-2)27-17-19-6-4-3-5-7-19/h3-15H,17H2,1-2H3/b22-14-. The largest absolute Gasteiger partial charge is 0.493 e. The molecule has 3 aromatic rings. The SMILES string of the molecule is COc1cc(/C=C(/C#N)c2ccc(C)cc2)ccc1OCc1ccccc1. The van der Waals surface area contributed by atoms with E-state index in [0.717, 1.165) is 22.3 Å². The lowest BCUT2D eigenvalue weighted by molar-refractivity contribution is 0.284. The van der Waals surface area contributed by atoms with Crippen LogP contribution in [0.3, 0.4) is 0 Å². The summed E-state index contributed by atoms with van der Waals surface area (Å²) in [5.41, 5.74) is 4.64. The van der Waals surface area contributed by atoms with Crippen LogP contribution in [0, 0.1) is 18.3 Å². The van der Waals surface area contributed by atoms with Crippen LogP contribution in [0.4, 0.5) is 0 Å². The van der Waals surface area contributed by atoms with Crippen molar-refractivity contribution in [2.75, 3.05) is 7.11 Å². The number of allylic oxidation sites excluding steroid dienone is 1. The molecule has 0 N–H and O–H groups in total. The average molecular weight is 355 g/mol. The van der Waals surface area contributed by atoms with E-state index in [1.54, 1.807) is 7.11 Å². The molecule has 0 aliphatic heterocycles. The van der Waals surface area contributed by atoms with E-state index in [-0.39, 0.29) is 0 Å². The zero-order valence-electron chi connectivity index (χ0n) is 15.5. The van der Waals surface area contributed by atoms with Crippen molar-refractivity contribution in [1.29, 1.82) is 5.26 Å². The van der Waals surface area contributed by atoms with Crippen molar-refractivity contribution in [3.63, 3.8) is 0 Å². The van der Waals surface area contributed by atoms with E-state index in [1.165, 1.54) is 0 Å². The molecule has 0 amide bonds. The first-order valence-corrected chi connectivity index (χ1v) is 8.73. The maximum atomic E-state index is 9.53. The normalized spacial score (nSPS) is 10.9. The van der Waals surface area contributed by atoms with Crippen LogP contribution in [0.25, 0.3) is 11.6 Å². The molecule has 0 heterocycles. The Hall–Kier alpha value is -3.51. The predicted octanol–water partition coefficient (Wildman–Crippen LogP) is 5.65. The summed E-state index contributed by atoms with van der Waals surface area (Å²) in [6, 6.07) is 25.9. The summed E-state index contributed by atoms with van der Waals surface area (Å²) in [5, 5.41) is 9.53. The van der Waals surface area contributed by atoms with Gasteiger partial charge in [-0.25, -0.2) is 0 Å². The summed E-state index contributed by atoms with van der Waals surface area (Å²) in [5.74, 6) is 1.31. The van der Waals surface area contributed by atoms with E-state index >= 15 is 0 Å². The van der Waals surface area contributed by atoms with Gasteiger partial charge in [0.1, 0.15) is 6.61 Å². The van der Waals surface area contributed by atoms with E-state index < -0.39 is 0 Å². The first-order valence-electron chi connectivity index (χ1n) is 8.73. The smallest absolute Gasteiger partial charge is 0.161 e. The second-order valence-electron chi connectivity index (χ2n) is 6.22. The molecule has 27 heavy (non-hydrogen) atoms. The summed E-state index contributed by atoms with van der Waals surface area (Å²) in [6.07, 6.45) is 1.86. The van der Waals surface area contributed by atoms with Crippen molar-refractivity contribution in [3.05, 3.63) is 95.1 Å². The fourth-order valence-electron chi connectivity index (χ4n) is 2.71. The third-order valence-corrected chi connectivity index (χ3v) is 4.22. The molecular weight excluding hydrogens is 334 g/mol. The molecule has 0 spiro atoms. The van der Waals surface area contributed by atoms with Crippen LogP contribution in [-0.4, -0.2) is 7.11 Å². The molecule has 0 bridgehead atoms. The minimum Gasteiger partial charge on any atom is -0.493 e. The monoisotopic (exact) mass is 355 g/mol. The van der Waals surface area contributed by atoms with Crippen LogP contribution in [-0.2, 0) is 6.61 Å². The maximum absolute atomic E-state index is 9.53. The Morgan fingerprint density at radius 3 is 2.37 bits per heavy atom. The molecule has 3 rings (SSSR count). The van der Waals surface area contributed by atoms with Gasteiger partial charge in [-0.3, -0.25) is 0 Å². The molecule has 3 heteroatoms. The highest BCUT2D eigenvalue weighted by molar-refractivity contribution is 5.89. The quantitative estimate of drug-likeness (QED) is 0.424. The second kappa shape index (κ2) is 8.73. The maximum Gasteiger partial charge on any atom is 0.161 e. The number of aryl methyl sites for hydroxylation is 1. The van der Waals surface area contributed by atoms with Crippen molar-refractivity contribution in [2.45, 2.75) is 13.5 Å². The van der Waals surface area contributed by atoms with Crippen LogP contribution < -0.4 is 9.47 Å². The van der Waals surface area contributed by atoms with Gasteiger partial charge in [0.05, 0.1) is 18.8 Å². The third-order valence-electron chi connectivity index (χ3n) is 4.22. The van der Waals surface area contributed by atoms with Gasteiger partial charge in [-0.05, 0) is 41.8 Å². The van der Waals surface area contributed by atoms with Crippen molar-refractivity contribution in [3.8, 4) is 17.6 Å². The van der Waals surface area contributed by atoms with E-state index in [2.05, 4.69) is 6.07 Å². The molecule has 0 saturated carbocycles. The number of benzene rings is 3. The van der Waals surface area contributed by atoms with Gasteiger partial charge < -0.3 is 9.47 Å². The molecule has 0 unspecified atom stereocenters. The van der Waals surface area contributed by atoms with Gasteiger partial charge in [-0.15, -0.1) is 0 Å². The van der Waals surface area contributed by atoms with Gasteiger partial charge in [0.2, 0.25) is 0 Å². The minimum absolute atomic E-state index is 0.471. The fourth-order valence-corrected chi connectivity index (χ4v) is 2.71. The number of ether oxygens (including phenoxy) is 2. The summed E-state index contributed by atoms with van der Waals surface area (Å²) in [7, 11) is 1.61. The summed E-state index contributed by atoms with van der Waals surface area (Å²) < 4.78 is 11.4. The van der Waals surface area contributed by atoms with E-state index in [9.17, 15) is 5.26 Å². The highest BCUT2D eigenvalue weighted by Gasteiger charge is 2.07. The van der Waals surface area contributed by atoms with Crippen molar-refractivity contribution >= 4 is 11.6 Å². The van der Waals surface area contributed by atoms with Gasteiger partial charge in [0.15, 0.2) is 11.5 Å². The number of rotatable bonds is 6. The lowest BCUT2D eigenvalue weighted by atomic mass is 10.0. The van der Waals surface area contributed by atoms with Gasteiger partial charge in [0, 0.05) is 0 Å². The van der Waals surface area contributed by atoms with Crippen molar-refractivity contribution in [1.82, 2.24) is 0 Å². The summed E-state index contributed by atoms with van der Waals surface area (Å²) in [4.78, 5) is 0. The fraction of sp³-hybridized carbons (Fsp3) is 0.125. The molecule has 3 nitrogen and oxygen atoms in total. The summed E-state index contributed by atoms with van der Waals surface area (Å²) >= 11 is 0. The van der Waals surface area contributed by atoms with Gasteiger partial charge >= 0.3 is 0 Å². The Labute approximate surface area is 160 Å². The highest BCUT2D eigenvalue weighted by atomic mass is 16.5. The molecule has 3 aromatic carbocycles. The number of methoxy groups -OCH3 is 1. The van der Waals surface area contributed by atoms with Crippen LogP contribution in [0.2, 0.25) is 0 Å². The average Bonchev–Trinajstić information content (AvgIpc) is 2.72. The number of hydrogen-bond donors (Lipinski definition) is 0. The second-order valence-corrected chi connectivity index (χ2v) is 6.22. The van der Waals surface area contributed by atoms with Crippen molar-refractivity contribution in [2.24, 2.45) is 0 Å². The van der Waals surface area contributed by atoms with Gasteiger partial charge in [-0.2, -0.15) is 5.26 Å². The minimum atomic E-state index is 0.471. The predicted molar refractivity (Wildman–Crippen MR) is 108 cm³/mol. The summed E-state index contributed by atoms with van der Waals surface area (Å²) in [6.45, 7) is 2.50. The molecule has 0 aromatic heterocycles. The molecule has 0 aliphatic carbocycles. The van der Waals surface area contributed by atoms with Gasteiger partial charge in [-0.1, -0.05) is 66.2 Å². The first kappa shape index (κ1) is 18.3. The molecule has 0 radical (unpaired) electrons. The topological polar surface area (TPSA) is 42.2 Å². The van der Waals surface area contributed by atoms with E-state index in [4.69, 9.17) is 9.47 Å². The van der Waals surface area contributed by atoms with Crippen LogP contribution in [0.15, 0.2) is 72.8 Å². The third kappa shape index (κ3) is 4.77. The lowest BCUT2D eigenvalue weighted by Gasteiger charge is -2.11. The zero-order chi connectivity index (χ0) is 19.1. The number of nitriles is 1. The van der Waals surface area contributed by atoms with E-state index in [0.29, 0.717) is 23.7 Å². The Morgan fingerprint density at radius 2 is 1.70 bits per heavy atom. The molecule has 0 atom stereocenters. The van der Waals surface area contributed by atoms with E-state index in [1.807, 2.05) is 85.8 Å². The molecule has 0 aliphatic rings. The van der Waals surface area contributed by atoms with Crippen LogP contribution in [0.1, 0.15) is 22.3 Å². The Morgan fingerprint density at radius 1 is 0.963 bits per heavy atom. The first-order chi connectivity index (χ1) is 13.2. The lowest BCUT2D eigenvalue weighted by Crippen LogP contribution is -1.97. The Bertz CT molecular complexity index is 968. The zero-order valence-corrected chi connectivity index (χ0v) is 15.5. The molecule has 134 valence electrons. The van der Waals surface area contributed by atoms with Crippen molar-refractivity contribution < 1.29 is 9.47 Å². The van der Waals surface area contributed by atoms with Crippen LogP contribution >= 0.6 is 0 Å².